The molecule has 0 bridgehead atoms. The Morgan fingerprint density at radius 3 is 2.89 bits per heavy atom. The predicted molar refractivity (Wildman–Crippen MR) is 73.6 cm³/mol. The molecule has 0 saturated carbocycles. The molecule has 0 aliphatic carbocycles. The van der Waals surface area contributed by atoms with Crippen molar-refractivity contribution in [1.29, 1.82) is 0 Å². The fourth-order valence-corrected chi connectivity index (χ4v) is 1.90. The van der Waals surface area contributed by atoms with Gasteiger partial charge in [-0.15, -0.1) is 0 Å². The van der Waals surface area contributed by atoms with Crippen LogP contribution in [0.4, 0.5) is 0 Å². The minimum Gasteiger partial charge on any atom is -0.493 e. The maximum absolute atomic E-state index is 11.0. The molecule has 0 aliphatic heterocycles. The van der Waals surface area contributed by atoms with Crippen LogP contribution >= 0.6 is 15.9 Å². The monoisotopic (exact) mass is 315 g/mol. The highest BCUT2D eigenvalue weighted by Crippen LogP contribution is 2.28. The van der Waals surface area contributed by atoms with Gasteiger partial charge in [0.25, 0.3) is 0 Å². The lowest BCUT2D eigenvalue weighted by atomic mass is 10.1. The lowest BCUT2D eigenvalue weighted by Crippen LogP contribution is -2.18. The lowest BCUT2D eigenvalue weighted by Gasteiger charge is -2.13. The molecule has 1 atom stereocenters. The molecule has 1 aromatic rings. The highest BCUT2D eigenvalue weighted by atomic mass is 79.9. The largest absolute Gasteiger partial charge is 0.493 e. The van der Waals surface area contributed by atoms with Gasteiger partial charge in [0.1, 0.15) is 5.75 Å². The summed E-state index contributed by atoms with van der Waals surface area (Å²) >= 11 is 3.36. The average Bonchev–Trinajstić information content (AvgIpc) is 2.35. The summed E-state index contributed by atoms with van der Waals surface area (Å²) in [7, 11) is 1.61. The maximum Gasteiger partial charge on any atom is 0.219 e. The van der Waals surface area contributed by atoms with E-state index in [1.54, 1.807) is 14.0 Å². The average molecular weight is 316 g/mol. The number of hydrogen-bond donors (Lipinski definition) is 2. The molecule has 18 heavy (non-hydrogen) atoms. The third-order valence-electron chi connectivity index (χ3n) is 2.51. The molecule has 0 radical (unpaired) electrons. The van der Waals surface area contributed by atoms with E-state index in [0.29, 0.717) is 25.2 Å². The molecule has 1 amide bonds. The molecule has 0 aromatic heterocycles. The van der Waals surface area contributed by atoms with E-state index < -0.39 is 6.10 Å². The van der Waals surface area contributed by atoms with E-state index in [1.165, 1.54) is 0 Å². The molecule has 4 nitrogen and oxygen atoms in total. The van der Waals surface area contributed by atoms with Gasteiger partial charge in [0.05, 0.1) is 12.7 Å². The molecule has 0 spiro atoms. The molecule has 5 heteroatoms. The van der Waals surface area contributed by atoms with Crippen LogP contribution in [0.3, 0.4) is 0 Å². The first kappa shape index (κ1) is 15.0. The Balaban J connectivity index is 2.54. The fraction of sp³-hybridized carbons (Fsp3) is 0.462. The first-order valence-corrected chi connectivity index (χ1v) is 6.64. The minimum atomic E-state index is -0.587. The molecule has 0 saturated heterocycles. The topological polar surface area (TPSA) is 58.6 Å². The number of aliphatic hydroxyl groups is 1. The van der Waals surface area contributed by atoms with E-state index in [4.69, 9.17) is 4.74 Å². The van der Waals surface area contributed by atoms with Crippen molar-refractivity contribution in [3.05, 3.63) is 28.2 Å². The van der Waals surface area contributed by atoms with Gasteiger partial charge in [0.15, 0.2) is 0 Å². The van der Waals surface area contributed by atoms with E-state index in [2.05, 4.69) is 21.2 Å². The molecule has 1 aromatic carbocycles. The number of ether oxygens (including phenoxy) is 1. The smallest absolute Gasteiger partial charge is 0.219 e. The van der Waals surface area contributed by atoms with Gasteiger partial charge < -0.3 is 15.2 Å². The minimum absolute atomic E-state index is 0.00477. The third kappa shape index (κ3) is 4.66. The SMILES string of the molecule is CNC(=O)CCCOc1ccc(Br)cc1C(C)O. The lowest BCUT2D eigenvalue weighted by molar-refractivity contribution is -0.120. The summed E-state index contributed by atoms with van der Waals surface area (Å²) in [5.74, 6) is 0.662. The van der Waals surface area contributed by atoms with Crippen molar-refractivity contribution >= 4 is 21.8 Å². The number of aliphatic hydroxyl groups excluding tert-OH is 1. The molecule has 1 unspecified atom stereocenters. The Labute approximate surface area is 115 Å². The van der Waals surface area contributed by atoms with Gasteiger partial charge in [0, 0.05) is 23.5 Å². The van der Waals surface area contributed by atoms with Gasteiger partial charge in [-0.1, -0.05) is 15.9 Å². The van der Waals surface area contributed by atoms with E-state index in [1.807, 2.05) is 18.2 Å². The van der Waals surface area contributed by atoms with Crippen molar-refractivity contribution in [1.82, 2.24) is 5.32 Å². The van der Waals surface area contributed by atoms with Crippen molar-refractivity contribution in [2.45, 2.75) is 25.9 Å². The van der Waals surface area contributed by atoms with Gasteiger partial charge in [-0.2, -0.15) is 0 Å². The van der Waals surface area contributed by atoms with Crippen molar-refractivity contribution in [2.24, 2.45) is 0 Å². The summed E-state index contributed by atoms with van der Waals surface area (Å²) in [6, 6.07) is 5.50. The van der Waals surface area contributed by atoms with Crippen LogP contribution in [0.15, 0.2) is 22.7 Å². The second-order valence-corrected chi connectivity index (χ2v) is 4.90. The Morgan fingerprint density at radius 1 is 1.56 bits per heavy atom. The van der Waals surface area contributed by atoms with Crippen LogP contribution in [-0.4, -0.2) is 24.7 Å². The van der Waals surface area contributed by atoms with Crippen molar-refractivity contribution in [3.8, 4) is 5.75 Å². The number of rotatable bonds is 6. The van der Waals surface area contributed by atoms with E-state index in [9.17, 15) is 9.90 Å². The van der Waals surface area contributed by atoms with E-state index in [0.717, 1.165) is 10.0 Å². The second kappa shape index (κ2) is 7.38. The van der Waals surface area contributed by atoms with Gasteiger partial charge in [-0.05, 0) is 31.5 Å². The van der Waals surface area contributed by atoms with Crippen LogP contribution < -0.4 is 10.1 Å². The highest BCUT2D eigenvalue weighted by Gasteiger charge is 2.10. The van der Waals surface area contributed by atoms with Crippen molar-refractivity contribution in [2.75, 3.05) is 13.7 Å². The summed E-state index contributed by atoms with van der Waals surface area (Å²) in [4.78, 5) is 11.0. The molecule has 0 heterocycles. The van der Waals surface area contributed by atoms with E-state index in [-0.39, 0.29) is 5.91 Å². The number of hydrogen-bond acceptors (Lipinski definition) is 3. The van der Waals surface area contributed by atoms with Crippen LogP contribution in [0.25, 0.3) is 0 Å². The number of amides is 1. The second-order valence-electron chi connectivity index (χ2n) is 3.98. The van der Waals surface area contributed by atoms with Crippen molar-refractivity contribution in [3.63, 3.8) is 0 Å². The molecule has 0 fully saturated rings. The zero-order chi connectivity index (χ0) is 13.5. The van der Waals surface area contributed by atoms with Gasteiger partial charge >= 0.3 is 0 Å². The maximum atomic E-state index is 11.0. The first-order chi connectivity index (χ1) is 8.54. The van der Waals surface area contributed by atoms with Crippen LogP contribution in [0.2, 0.25) is 0 Å². The zero-order valence-electron chi connectivity index (χ0n) is 10.6. The number of carbonyl (C=O) groups excluding carboxylic acids is 1. The Kier molecular flexibility index (Phi) is 6.15. The Morgan fingerprint density at radius 2 is 2.28 bits per heavy atom. The molecule has 100 valence electrons. The normalized spacial score (nSPS) is 12.0. The molecule has 0 aliphatic rings. The van der Waals surface area contributed by atoms with Crippen LogP contribution in [0.5, 0.6) is 5.75 Å². The van der Waals surface area contributed by atoms with Crippen molar-refractivity contribution < 1.29 is 14.6 Å². The molecular weight excluding hydrogens is 298 g/mol. The summed E-state index contributed by atoms with van der Waals surface area (Å²) in [6.45, 7) is 2.15. The summed E-state index contributed by atoms with van der Waals surface area (Å²) in [5, 5.41) is 12.2. The molecule has 2 N–H and O–H groups in total. The van der Waals surface area contributed by atoms with Gasteiger partial charge in [0.2, 0.25) is 5.91 Å². The predicted octanol–water partition coefficient (Wildman–Crippen LogP) is 2.41. The summed E-state index contributed by atoms with van der Waals surface area (Å²) in [5.41, 5.74) is 0.740. The molecular formula is C13H18BrNO3. The summed E-state index contributed by atoms with van der Waals surface area (Å²) < 4.78 is 6.49. The van der Waals surface area contributed by atoms with Gasteiger partial charge in [-0.25, -0.2) is 0 Å². The highest BCUT2D eigenvalue weighted by molar-refractivity contribution is 9.10. The van der Waals surface area contributed by atoms with Crippen LogP contribution in [0.1, 0.15) is 31.4 Å². The number of benzene rings is 1. The summed E-state index contributed by atoms with van der Waals surface area (Å²) in [6.07, 6.45) is 0.503. The Bertz CT molecular complexity index is 407. The standard InChI is InChI=1S/C13H18BrNO3/c1-9(16)11-8-10(14)5-6-12(11)18-7-3-4-13(17)15-2/h5-6,8-9,16H,3-4,7H2,1-2H3,(H,15,17). The zero-order valence-corrected chi connectivity index (χ0v) is 12.2. The number of carbonyl (C=O) groups is 1. The van der Waals surface area contributed by atoms with E-state index >= 15 is 0 Å². The number of nitrogens with one attached hydrogen (secondary N) is 1. The molecule has 1 rings (SSSR count). The van der Waals surface area contributed by atoms with Gasteiger partial charge in [-0.3, -0.25) is 4.79 Å². The Hall–Kier alpha value is -1.07. The number of halogens is 1. The third-order valence-corrected chi connectivity index (χ3v) is 3.00. The van der Waals surface area contributed by atoms with Crippen LogP contribution in [-0.2, 0) is 4.79 Å². The first-order valence-electron chi connectivity index (χ1n) is 5.85. The quantitative estimate of drug-likeness (QED) is 0.793. The van der Waals surface area contributed by atoms with Crippen LogP contribution in [0, 0.1) is 0 Å². The fourth-order valence-electron chi connectivity index (χ4n) is 1.52.